The number of nitrogens with zero attached hydrogens (tertiary/aromatic N) is 1. The fourth-order valence-corrected chi connectivity index (χ4v) is 3.30. The zero-order valence-corrected chi connectivity index (χ0v) is 17.0. The van der Waals surface area contributed by atoms with Crippen LogP contribution in [0.2, 0.25) is 0 Å². The van der Waals surface area contributed by atoms with Crippen LogP contribution < -0.4 is 11.2 Å². The summed E-state index contributed by atoms with van der Waals surface area (Å²) in [6.45, 7) is 3.53. The number of thioether (sulfide) groups is 1. The molecule has 0 bridgehead atoms. The van der Waals surface area contributed by atoms with Crippen molar-refractivity contribution in [3.63, 3.8) is 0 Å². The van der Waals surface area contributed by atoms with E-state index in [1.807, 2.05) is 13.8 Å². The Hall–Kier alpha value is -2.23. The predicted octanol–water partition coefficient (Wildman–Crippen LogP) is 2.39. The lowest BCUT2D eigenvalue weighted by molar-refractivity contribution is -0.139. The normalized spacial score (nSPS) is 21.6. The number of nitrogens with one attached hydrogen (secondary N) is 1. The van der Waals surface area contributed by atoms with E-state index in [1.54, 1.807) is 4.98 Å². The van der Waals surface area contributed by atoms with E-state index in [0.29, 0.717) is 16.5 Å². The Morgan fingerprint density at radius 3 is 2.77 bits per heavy atom. The standard InChI is InChI=1S/C18H21F3N2O6S/c1-4-5-27-12-6-14(29-13(12)8-28-17(26)30-9-10(2)3)23-7-11(18(19,20)21)15(24)22-16(23)25/h1,7,10,12-14H,5-6,8-9H2,2-3H3,(H,22,24,25)/t12-,13+,14+/m0/s1. The Labute approximate surface area is 174 Å². The van der Waals surface area contributed by atoms with Crippen molar-refractivity contribution in [1.82, 2.24) is 9.55 Å². The fourth-order valence-electron chi connectivity index (χ4n) is 2.68. The van der Waals surface area contributed by atoms with Crippen molar-refractivity contribution >= 4 is 17.1 Å². The molecule has 0 aliphatic carbocycles. The molecule has 166 valence electrons. The topological polar surface area (TPSA) is 99.6 Å². The zero-order valence-electron chi connectivity index (χ0n) is 16.2. The molecule has 2 rings (SSSR count). The van der Waals surface area contributed by atoms with Gasteiger partial charge < -0.3 is 14.2 Å². The highest BCUT2D eigenvalue weighted by Crippen LogP contribution is 2.32. The number of rotatable bonds is 7. The van der Waals surface area contributed by atoms with E-state index in [9.17, 15) is 27.6 Å². The third kappa shape index (κ3) is 6.38. The summed E-state index contributed by atoms with van der Waals surface area (Å²) in [5.74, 6) is 3.09. The molecular weight excluding hydrogens is 429 g/mol. The Kier molecular flexibility index (Phi) is 8.17. The van der Waals surface area contributed by atoms with Crippen molar-refractivity contribution in [2.75, 3.05) is 19.0 Å². The van der Waals surface area contributed by atoms with Crippen LogP contribution >= 0.6 is 11.8 Å². The molecule has 2 heterocycles. The van der Waals surface area contributed by atoms with Crippen LogP contribution in [-0.4, -0.2) is 46.0 Å². The number of hydrogen-bond acceptors (Lipinski definition) is 7. The third-order valence-electron chi connectivity index (χ3n) is 4.04. The highest BCUT2D eigenvalue weighted by atomic mass is 32.2. The number of halogens is 3. The highest BCUT2D eigenvalue weighted by Gasteiger charge is 2.40. The van der Waals surface area contributed by atoms with Gasteiger partial charge in [0.2, 0.25) is 0 Å². The summed E-state index contributed by atoms with van der Waals surface area (Å²) in [5.41, 5.74) is -4.15. The van der Waals surface area contributed by atoms with Gasteiger partial charge in [-0.25, -0.2) is 9.59 Å². The van der Waals surface area contributed by atoms with Gasteiger partial charge in [-0.2, -0.15) is 13.2 Å². The van der Waals surface area contributed by atoms with Gasteiger partial charge in [0.15, 0.2) is 0 Å². The predicted molar refractivity (Wildman–Crippen MR) is 102 cm³/mol. The fraction of sp³-hybridized carbons (Fsp3) is 0.611. The lowest BCUT2D eigenvalue weighted by atomic mass is 10.2. The summed E-state index contributed by atoms with van der Waals surface area (Å²) in [7, 11) is 0. The van der Waals surface area contributed by atoms with E-state index in [2.05, 4.69) is 5.92 Å². The molecular formula is C18H21F3N2O6S. The molecule has 1 aromatic heterocycles. The van der Waals surface area contributed by atoms with Crippen LogP contribution in [0.25, 0.3) is 0 Å². The molecule has 3 atom stereocenters. The number of carbonyl (C=O) groups excluding carboxylic acids is 1. The summed E-state index contributed by atoms with van der Waals surface area (Å²) in [6, 6.07) is 0. The minimum Gasteiger partial charge on any atom is -0.455 e. The summed E-state index contributed by atoms with van der Waals surface area (Å²) in [4.78, 5) is 37.0. The molecule has 0 amide bonds. The Morgan fingerprint density at radius 1 is 1.47 bits per heavy atom. The van der Waals surface area contributed by atoms with Crippen LogP contribution in [0.4, 0.5) is 18.0 Å². The lowest BCUT2D eigenvalue weighted by Gasteiger charge is -2.18. The molecule has 1 N–H and O–H groups in total. The van der Waals surface area contributed by atoms with Gasteiger partial charge in [-0.15, -0.1) is 6.42 Å². The summed E-state index contributed by atoms with van der Waals surface area (Å²) >= 11 is 0.983. The maximum atomic E-state index is 13.0. The molecule has 1 aliphatic heterocycles. The second-order valence-corrected chi connectivity index (χ2v) is 7.85. The average Bonchev–Trinajstić information content (AvgIpc) is 3.04. The SMILES string of the molecule is C#CCO[C@H]1C[C@H](n2cc(C(F)(F)F)c(=O)[nH]c2=O)O[C@@H]1COC(=O)SCC(C)C. The van der Waals surface area contributed by atoms with Crippen molar-refractivity contribution < 1.29 is 32.2 Å². The number of hydrogen-bond donors (Lipinski definition) is 1. The second kappa shape index (κ2) is 10.2. The Bertz CT molecular complexity index is 905. The zero-order chi connectivity index (χ0) is 22.5. The molecule has 0 aromatic carbocycles. The molecule has 0 unspecified atom stereocenters. The molecule has 30 heavy (non-hydrogen) atoms. The van der Waals surface area contributed by atoms with Crippen molar-refractivity contribution in [3.05, 3.63) is 32.6 Å². The van der Waals surface area contributed by atoms with Gasteiger partial charge in [-0.05, 0) is 17.7 Å². The summed E-state index contributed by atoms with van der Waals surface area (Å²) in [6.07, 6.45) is -2.19. The van der Waals surface area contributed by atoms with E-state index >= 15 is 0 Å². The molecule has 8 nitrogen and oxygen atoms in total. The number of terminal acetylenes is 1. The molecule has 1 aromatic rings. The van der Waals surface area contributed by atoms with Gasteiger partial charge in [0.1, 0.15) is 31.1 Å². The van der Waals surface area contributed by atoms with Gasteiger partial charge >= 0.3 is 17.2 Å². The van der Waals surface area contributed by atoms with E-state index < -0.39 is 46.7 Å². The minimum absolute atomic E-state index is 0.0354. The van der Waals surface area contributed by atoms with Crippen LogP contribution in [0.3, 0.4) is 0 Å². The maximum Gasteiger partial charge on any atom is 0.423 e. The Balaban J connectivity index is 2.17. The molecule has 0 radical (unpaired) electrons. The molecule has 0 saturated carbocycles. The highest BCUT2D eigenvalue weighted by molar-refractivity contribution is 8.13. The number of aromatic nitrogens is 2. The van der Waals surface area contributed by atoms with Gasteiger partial charge in [0.05, 0.1) is 6.10 Å². The summed E-state index contributed by atoms with van der Waals surface area (Å²) < 4.78 is 55.9. The van der Waals surface area contributed by atoms with Gasteiger partial charge in [0, 0.05) is 18.4 Å². The Morgan fingerprint density at radius 2 is 2.17 bits per heavy atom. The molecule has 0 spiro atoms. The van der Waals surface area contributed by atoms with Gasteiger partial charge in [-0.3, -0.25) is 14.3 Å². The van der Waals surface area contributed by atoms with Crippen LogP contribution in [0.5, 0.6) is 0 Å². The summed E-state index contributed by atoms with van der Waals surface area (Å²) in [5, 5.41) is -0.535. The third-order valence-corrected chi connectivity index (χ3v) is 5.23. The number of ether oxygens (including phenoxy) is 3. The van der Waals surface area contributed by atoms with Crippen LogP contribution in [-0.2, 0) is 20.4 Å². The average molecular weight is 450 g/mol. The number of H-pyrrole nitrogens is 1. The van der Waals surface area contributed by atoms with Gasteiger partial charge in [-0.1, -0.05) is 19.8 Å². The molecule has 1 aliphatic rings. The van der Waals surface area contributed by atoms with E-state index in [1.165, 1.54) is 0 Å². The first kappa shape index (κ1) is 24.0. The van der Waals surface area contributed by atoms with E-state index in [4.69, 9.17) is 20.6 Å². The first-order chi connectivity index (χ1) is 14.0. The van der Waals surface area contributed by atoms with Crippen LogP contribution in [0.1, 0.15) is 32.1 Å². The van der Waals surface area contributed by atoms with E-state index in [-0.39, 0.29) is 25.6 Å². The molecule has 1 fully saturated rings. The quantitative estimate of drug-likeness (QED) is 0.503. The smallest absolute Gasteiger partial charge is 0.423 e. The van der Waals surface area contributed by atoms with E-state index in [0.717, 1.165) is 11.8 Å². The number of carbonyl (C=O) groups is 1. The first-order valence-corrected chi connectivity index (χ1v) is 9.94. The largest absolute Gasteiger partial charge is 0.455 e. The second-order valence-electron chi connectivity index (χ2n) is 6.89. The van der Waals surface area contributed by atoms with Crippen molar-refractivity contribution in [1.29, 1.82) is 0 Å². The van der Waals surface area contributed by atoms with Gasteiger partial charge in [0.25, 0.3) is 5.56 Å². The monoisotopic (exact) mass is 450 g/mol. The molecule has 12 heteroatoms. The van der Waals surface area contributed by atoms with Crippen molar-refractivity contribution in [3.8, 4) is 12.3 Å². The lowest BCUT2D eigenvalue weighted by Crippen LogP contribution is -2.36. The van der Waals surface area contributed by atoms with Crippen LogP contribution in [0.15, 0.2) is 15.8 Å². The van der Waals surface area contributed by atoms with Crippen molar-refractivity contribution in [2.24, 2.45) is 5.92 Å². The number of alkyl halides is 3. The maximum absolute atomic E-state index is 13.0. The number of aromatic amines is 1. The van der Waals surface area contributed by atoms with Crippen LogP contribution in [0, 0.1) is 18.3 Å². The first-order valence-electron chi connectivity index (χ1n) is 8.95. The van der Waals surface area contributed by atoms with Crippen molar-refractivity contribution in [2.45, 2.75) is 44.9 Å². The molecule has 1 saturated heterocycles. The minimum atomic E-state index is -4.95.